The van der Waals surface area contributed by atoms with Crippen molar-refractivity contribution in [1.82, 2.24) is 15.3 Å². The average molecular weight is 307 g/mol. The van der Waals surface area contributed by atoms with Crippen LogP contribution in [0.25, 0.3) is 11.0 Å². The summed E-state index contributed by atoms with van der Waals surface area (Å²) in [5.41, 5.74) is 2.00. The molecule has 114 valence electrons. The Kier molecular flexibility index (Phi) is 6.07. The summed E-state index contributed by atoms with van der Waals surface area (Å²) >= 11 is 1.62. The molecule has 0 spiro atoms. The van der Waals surface area contributed by atoms with E-state index in [0.717, 1.165) is 34.9 Å². The Balaban J connectivity index is 1.87. The number of para-hydroxylation sites is 2. The van der Waals surface area contributed by atoms with Crippen molar-refractivity contribution >= 4 is 28.8 Å². The van der Waals surface area contributed by atoms with Crippen molar-refractivity contribution < 1.29 is 9.53 Å². The molecule has 21 heavy (non-hydrogen) atoms. The molecule has 1 aromatic carbocycles. The second-order valence-electron chi connectivity index (χ2n) is 4.73. The number of thioether (sulfide) groups is 1. The third-order valence-corrected chi connectivity index (χ3v) is 4.05. The number of carbonyl (C=O) groups is 1. The van der Waals surface area contributed by atoms with Gasteiger partial charge in [0, 0.05) is 5.75 Å². The molecule has 1 aromatic heterocycles. The first-order valence-corrected chi connectivity index (χ1v) is 8.12. The van der Waals surface area contributed by atoms with Crippen LogP contribution in [0.3, 0.4) is 0 Å². The van der Waals surface area contributed by atoms with Crippen molar-refractivity contribution in [1.29, 1.82) is 0 Å². The molecule has 1 atom stereocenters. The average Bonchev–Trinajstić information content (AvgIpc) is 2.92. The molecule has 1 heterocycles. The van der Waals surface area contributed by atoms with Gasteiger partial charge < -0.3 is 15.0 Å². The summed E-state index contributed by atoms with van der Waals surface area (Å²) in [6.07, 6.45) is 1.71. The van der Waals surface area contributed by atoms with Crippen LogP contribution in [-0.2, 0) is 9.53 Å². The second kappa shape index (κ2) is 8.05. The number of methoxy groups -OCH3 is 1. The van der Waals surface area contributed by atoms with E-state index in [1.54, 1.807) is 11.8 Å². The fourth-order valence-corrected chi connectivity index (χ4v) is 2.93. The third-order valence-electron chi connectivity index (χ3n) is 3.14. The number of hydrogen-bond acceptors (Lipinski definition) is 5. The van der Waals surface area contributed by atoms with Gasteiger partial charge in [0.05, 0.1) is 18.1 Å². The van der Waals surface area contributed by atoms with E-state index in [4.69, 9.17) is 4.74 Å². The van der Waals surface area contributed by atoms with E-state index in [1.165, 1.54) is 7.11 Å². The first-order valence-electron chi connectivity index (χ1n) is 7.13. The molecule has 0 bridgehead atoms. The van der Waals surface area contributed by atoms with E-state index in [1.807, 2.05) is 24.3 Å². The summed E-state index contributed by atoms with van der Waals surface area (Å²) in [6, 6.07) is 7.70. The van der Waals surface area contributed by atoms with Crippen LogP contribution >= 0.6 is 11.8 Å². The Labute approximate surface area is 128 Å². The van der Waals surface area contributed by atoms with Gasteiger partial charge in [-0.15, -0.1) is 0 Å². The largest absolute Gasteiger partial charge is 0.468 e. The Morgan fingerprint density at radius 2 is 2.29 bits per heavy atom. The highest BCUT2D eigenvalue weighted by Gasteiger charge is 2.18. The van der Waals surface area contributed by atoms with Gasteiger partial charge in [-0.3, -0.25) is 4.79 Å². The summed E-state index contributed by atoms with van der Waals surface area (Å²) in [5.74, 6) is 0.602. The number of aromatic nitrogens is 2. The van der Waals surface area contributed by atoms with Crippen molar-refractivity contribution in [2.24, 2.45) is 0 Å². The van der Waals surface area contributed by atoms with Crippen LogP contribution in [0.5, 0.6) is 0 Å². The Hall–Kier alpha value is -1.53. The predicted octanol–water partition coefficient (Wildman–Crippen LogP) is 2.59. The van der Waals surface area contributed by atoms with Crippen LogP contribution < -0.4 is 5.32 Å². The molecule has 2 N–H and O–H groups in total. The number of imidazole rings is 1. The number of ether oxygens (including phenoxy) is 1. The van der Waals surface area contributed by atoms with E-state index in [2.05, 4.69) is 22.2 Å². The number of rotatable bonds is 8. The lowest BCUT2D eigenvalue weighted by molar-refractivity contribution is -0.143. The van der Waals surface area contributed by atoms with Crippen molar-refractivity contribution in [3.63, 3.8) is 0 Å². The number of esters is 1. The number of fused-ring (bicyclic) bond motifs is 1. The van der Waals surface area contributed by atoms with Gasteiger partial charge in [-0.05, 0) is 31.5 Å². The third kappa shape index (κ3) is 4.47. The van der Waals surface area contributed by atoms with Crippen LogP contribution in [-0.4, -0.2) is 41.4 Å². The fraction of sp³-hybridized carbons (Fsp3) is 0.467. The highest BCUT2D eigenvalue weighted by Crippen LogP contribution is 2.20. The van der Waals surface area contributed by atoms with Crippen molar-refractivity contribution in [2.45, 2.75) is 31.0 Å². The molecule has 0 aliphatic carbocycles. The number of hydrogen-bond donors (Lipinski definition) is 2. The van der Waals surface area contributed by atoms with Gasteiger partial charge in [-0.25, -0.2) is 4.98 Å². The van der Waals surface area contributed by atoms with Gasteiger partial charge in [0.1, 0.15) is 6.04 Å². The lowest BCUT2D eigenvalue weighted by Crippen LogP contribution is -2.38. The van der Waals surface area contributed by atoms with Gasteiger partial charge in [0.25, 0.3) is 0 Å². The summed E-state index contributed by atoms with van der Waals surface area (Å²) in [6.45, 7) is 2.89. The number of nitrogens with one attached hydrogen (secondary N) is 2. The van der Waals surface area contributed by atoms with Crippen molar-refractivity contribution in [3.05, 3.63) is 24.3 Å². The standard InChI is InChI=1S/C15H21N3O2S/c1-3-9-16-13(14(19)20-2)8-10-21-15-17-11-6-4-5-7-12(11)18-15/h4-7,13,16H,3,8-10H2,1-2H3,(H,17,18). The second-order valence-corrected chi connectivity index (χ2v) is 5.81. The quantitative estimate of drug-likeness (QED) is 0.579. The zero-order valence-electron chi connectivity index (χ0n) is 12.4. The van der Waals surface area contributed by atoms with Crippen LogP contribution in [0, 0.1) is 0 Å². The summed E-state index contributed by atoms with van der Waals surface area (Å²) in [5, 5.41) is 4.10. The molecule has 0 saturated carbocycles. The van der Waals surface area contributed by atoms with E-state index in [0.29, 0.717) is 6.42 Å². The maximum Gasteiger partial charge on any atom is 0.322 e. The molecule has 6 heteroatoms. The SMILES string of the molecule is CCCNC(CCSc1nc2ccccc2[nH]1)C(=O)OC. The number of aromatic amines is 1. The Morgan fingerprint density at radius 1 is 1.48 bits per heavy atom. The molecule has 2 aromatic rings. The zero-order valence-corrected chi connectivity index (χ0v) is 13.2. The first kappa shape index (κ1) is 15.9. The minimum atomic E-state index is -0.244. The molecule has 2 rings (SSSR count). The maximum atomic E-state index is 11.7. The molecule has 0 radical (unpaired) electrons. The Morgan fingerprint density at radius 3 is 3.00 bits per heavy atom. The van der Waals surface area contributed by atoms with Crippen LogP contribution in [0.4, 0.5) is 0 Å². The maximum absolute atomic E-state index is 11.7. The summed E-state index contributed by atoms with van der Waals surface area (Å²) in [7, 11) is 1.43. The van der Waals surface area contributed by atoms with Gasteiger partial charge in [-0.1, -0.05) is 30.8 Å². The minimum Gasteiger partial charge on any atom is -0.468 e. The highest BCUT2D eigenvalue weighted by molar-refractivity contribution is 7.99. The number of H-pyrrole nitrogens is 1. The van der Waals surface area contributed by atoms with Gasteiger partial charge in [0.15, 0.2) is 5.16 Å². The highest BCUT2D eigenvalue weighted by atomic mass is 32.2. The molecular weight excluding hydrogens is 286 g/mol. The molecule has 0 aliphatic rings. The van der Waals surface area contributed by atoms with E-state index in [9.17, 15) is 4.79 Å². The van der Waals surface area contributed by atoms with E-state index in [-0.39, 0.29) is 12.0 Å². The molecule has 0 aliphatic heterocycles. The molecule has 0 amide bonds. The number of benzene rings is 1. The van der Waals surface area contributed by atoms with Crippen LogP contribution in [0.15, 0.2) is 29.4 Å². The molecule has 1 unspecified atom stereocenters. The van der Waals surface area contributed by atoms with E-state index < -0.39 is 0 Å². The Bertz CT molecular complexity index is 552. The first-order chi connectivity index (χ1) is 10.2. The van der Waals surface area contributed by atoms with E-state index >= 15 is 0 Å². The molecule has 0 saturated heterocycles. The molecular formula is C15H21N3O2S. The van der Waals surface area contributed by atoms with Crippen molar-refractivity contribution in [3.8, 4) is 0 Å². The van der Waals surface area contributed by atoms with Gasteiger partial charge in [-0.2, -0.15) is 0 Å². The van der Waals surface area contributed by atoms with Gasteiger partial charge in [0.2, 0.25) is 0 Å². The normalized spacial score (nSPS) is 12.5. The lowest BCUT2D eigenvalue weighted by atomic mass is 10.2. The number of carbonyl (C=O) groups excluding carboxylic acids is 1. The van der Waals surface area contributed by atoms with Crippen molar-refractivity contribution in [2.75, 3.05) is 19.4 Å². The zero-order chi connectivity index (χ0) is 15.1. The molecule has 5 nitrogen and oxygen atoms in total. The fourth-order valence-electron chi connectivity index (χ4n) is 2.04. The van der Waals surface area contributed by atoms with Gasteiger partial charge >= 0.3 is 5.97 Å². The van der Waals surface area contributed by atoms with Crippen LogP contribution in [0.1, 0.15) is 19.8 Å². The topological polar surface area (TPSA) is 67.0 Å². The minimum absolute atomic E-state index is 0.200. The monoisotopic (exact) mass is 307 g/mol. The molecule has 0 fully saturated rings. The summed E-state index contributed by atoms with van der Waals surface area (Å²) in [4.78, 5) is 19.5. The van der Waals surface area contributed by atoms with Crippen LogP contribution in [0.2, 0.25) is 0 Å². The lowest BCUT2D eigenvalue weighted by Gasteiger charge is -2.15. The smallest absolute Gasteiger partial charge is 0.322 e. The number of nitrogens with zero attached hydrogens (tertiary/aromatic N) is 1. The predicted molar refractivity (Wildman–Crippen MR) is 85.5 cm³/mol. The summed E-state index contributed by atoms with van der Waals surface area (Å²) < 4.78 is 4.83.